The number of hydrogen-bond acceptors (Lipinski definition) is 12. The molecule has 3 unspecified atom stereocenters. The smallest absolute Gasteiger partial charge is 0.336 e. The van der Waals surface area contributed by atoms with Gasteiger partial charge in [-0.15, -0.1) is 0 Å². The third-order valence-corrected chi connectivity index (χ3v) is 8.30. The van der Waals surface area contributed by atoms with Crippen molar-refractivity contribution >= 4 is 17.6 Å². The molecule has 0 aromatic heterocycles. The topological polar surface area (TPSA) is 171 Å². The normalized spacial score (nSPS) is 16.0. The molecule has 0 saturated carbocycles. The summed E-state index contributed by atoms with van der Waals surface area (Å²) in [7, 11) is 1.56. The molecule has 2 aromatic carbocycles. The van der Waals surface area contributed by atoms with Crippen molar-refractivity contribution in [3.05, 3.63) is 86.7 Å². The number of rotatable bonds is 20. The number of aliphatic hydroxyl groups is 1. The van der Waals surface area contributed by atoms with Gasteiger partial charge in [0.1, 0.15) is 12.7 Å². The number of allylic oxidation sites excluding steroid dienone is 1. The highest BCUT2D eigenvalue weighted by atomic mass is 16.6. The van der Waals surface area contributed by atoms with Gasteiger partial charge in [0.2, 0.25) is 0 Å². The molecule has 1 heterocycles. The van der Waals surface area contributed by atoms with E-state index in [9.17, 15) is 24.8 Å². The first-order chi connectivity index (χ1) is 23.9. The lowest BCUT2D eigenvalue weighted by Gasteiger charge is -2.36. The molecular weight excluding hydrogens is 644 g/mol. The van der Waals surface area contributed by atoms with Crippen LogP contribution >= 0.6 is 0 Å². The second-order valence-electron chi connectivity index (χ2n) is 12.7. The number of aliphatic hydroxyl groups excluding tert-OH is 1. The molecule has 13 heteroatoms. The Labute approximate surface area is 294 Å². The van der Waals surface area contributed by atoms with E-state index in [4.69, 9.17) is 18.9 Å². The fraction of sp³-hybridized carbons (Fsp3) is 0.514. The Bertz CT molecular complexity index is 1540. The summed E-state index contributed by atoms with van der Waals surface area (Å²) in [6, 6.07) is 12.8. The van der Waals surface area contributed by atoms with Gasteiger partial charge in [0.25, 0.3) is 5.69 Å². The summed E-state index contributed by atoms with van der Waals surface area (Å²) in [5.74, 6) is -1.14. The number of dihydropyridines is 1. The number of ether oxygens (including phenoxy) is 4. The first-order valence-corrected chi connectivity index (χ1v) is 17.1. The molecule has 50 heavy (non-hydrogen) atoms. The number of carbonyl (C=O) groups is 2. The van der Waals surface area contributed by atoms with E-state index in [1.807, 2.05) is 26.0 Å². The minimum absolute atomic E-state index is 0.0587. The highest BCUT2D eigenvalue weighted by molar-refractivity contribution is 6.00. The molecule has 4 N–H and O–H groups in total. The van der Waals surface area contributed by atoms with Crippen LogP contribution in [0.15, 0.2) is 71.1 Å². The van der Waals surface area contributed by atoms with Gasteiger partial charge in [-0.1, -0.05) is 44.0 Å². The molecule has 2 aromatic rings. The summed E-state index contributed by atoms with van der Waals surface area (Å²) in [5.41, 5.74) is 1.07. The second kappa shape index (κ2) is 19.1. The summed E-state index contributed by atoms with van der Waals surface area (Å²) >= 11 is 0. The number of nitro groups is 1. The van der Waals surface area contributed by atoms with Gasteiger partial charge < -0.3 is 40.0 Å². The SMILES string of the molecule is CCCCC(NCC(C)(C)NCC(O)COc1ccccc1OC)C1=C(C(=O)OCC)C(c2cccc([N+](=O)[O-])c2)C(C(=O)OCC)=C(C)N1. The number of methoxy groups -OCH3 is 1. The molecule has 274 valence electrons. The fourth-order valence-corrected chi connectivity index (χ4v) is 5.77. The number of unbranched alkanes of at least 4 members (excludes halogenated alkanes) is 1. The minimum Gasteiger partial charge on any atom is -0.493 e. The van der Waals surface area contributed by atoms with Crippen LogP contribution in [-0.2, 0) is 19.1 Å². The van der Waals surface area contributed by atoms with Crippen molar-refractivity contribution in [3.8, 4) is 11.5 Å². The van der Waals surface area contributed by atoms with Crippen LogP contribution in [0.1, 0.15) is 72.3 Å². The predicted octanol–water partition coefficient (Wildman–Crippen LogP) is 4.90. The first kappa shape index (κ1) is 40.0. The van der Waals surface area contributed by atoms with Crippen LogP contribution in [0.3, 0.4) is 0 Å². The summed E-state index contributed by atoms with van der Waals surface area (Å²) in [5, 5.41) is 32.8. The van der Waals surface area contributed by atoms with E-state index in [1.54, 1.807) is 46.1 Å². The van der Waals surface area contributed by atoms with E-state index in [1.165, 1.54) is 18.2 Å². The largest absolute Gasteiger partial charge is 0.493 e. The molecule has 0 radical (unpaired) electrons. The number of para-hydroxylation sites is 2. The zero-order valence-corrected chi connectivity index (χ0v) is 30.2. The molecule has 0 fully saturated rings. The fourth-order valence-electron chi connectivity index (χ4n) is 5.77. The quantitative estimate of drug-likeness (QED) is 0.0840. The maximum Gasteiger partial charge on any atom is 0.336 e. The van der Waals surface area contributed by atoms with Crippen molar-refractivity contribution in [2.24, 2.45) is 0 Å². The number of non-ortho nitro benzene ring substituents is 1. The molecule has 1 aliphatic heterocycles. The number of β-amino-alcohol motifs (C(OH)–C–C–N with tert-alkyl or cyclic N) is 1. The minimum atomic E-state index is -0.986. The van der Waals surface area contributed by atoms with Gasteiger partial charge in [-0.05, 0) is 58.7 Å². The van der Waals surface area contributed by atoms with E-state index >= 15 is 0 Å². The Balaban J connectivity index is 1.95. The summed E-state index contributed by atoms with van der Waals surface area (Å²) in [4.78, 5) is 38.6. The first-order valence-electron chi connectivity index (χ1n) is 17.1. The summed E-state index contributed by atoms with van der Waals surface area (Å²) < 4.78 is 22.1. The van der Waals surface area contributed by atoms with Gasteiger partial charge in [-0.2, -0.15) is 0 Å². The average molecular weight is 697 g/mol. The van der Waals surface area contributed by atoms with Gasteiger partial charge >= 0.3 is 11.9 Å². The predicted molar refractivity (Wildman–Crippen MR) is 190 cm³/mol. The molecule has 0 saturated heterocycles. The molecule has 0 aliphatic carbocycles. The monoisotopic (exact) mass is 696 g/mol. The molecule has 3 rings (SSSR count). The molecule has 0 bridgehead atoms. The number of nitro benzene ring substituents is 1. The molecule has 0 spiro atoms. The Morgan fingerprint density at radius 1 is 1.02 bits per heavy atom. The highest BCUT2D eigenvalue weighted by Crippen LogP contribution is 2.41. The van der Waals surface area contributed by atoms with E-state index in [-0.39, 0.29) is 43.2 Å². The number of benzene rings is 2. The molecule has 13 nitrogen and oxygen atoms in total. The summed E-state index contributed by atoms with van der Waals surface area (Å²) in [6.45, 7) is 12.1. The number of nitrogens with one attached hydrogen (secondary N) is 3. The van der Waals surface area contributed by atoms with Crippen LogP contribution in [0.4, 0.5) is 5.69 Å². The molecule has 0 amide bonds. The Morgan fingerprint density at radius 3 is 2.30 bits per heavy atom. The van der Waals surface area contributed by atoms with Crippen LogP contribution in [0.2, 0.25) is 0 Å². The lowest BCUT2D eigenvalue weighted by molar-refractivity contribution is -0.384. The van der Waals surface area contributed by atoms with Gasteiger partial charge in [-0.25, -0.2) is 9.59 Å². The van der Waals surface area contributed by atoms with Gasteiger partial charge in [0, 0.05) is 48.2 Å². The van der Waals surface area contributed by atoms with Gasteiger partial charge in [0.05, 0.1) is 42.3 Å². The molecule has 3 atom stereocenters. The van der Waals surface area contributed by atoms with E-state index < -0.39 is 40.5 Å². The number of nitrogens with zero attached hydrogens (tertiary/aromatic N) is 1. The lowest BCUT2D eigenvalue weighted by atomic mass is 9.78. The van der Waals surface area contributed by atoms with Crippen molar-refractivity contribution in [2.45, 2.75) is 84.4 Å². The van der Waals surface area contributed by atoms with Crippen molar-refractivity contribution in [3.63, 3.8) is 0 Å². The molecule has 1 aliphatic rings. The average Bonchev–Trinajstić information content (AvgIpc) is 3.09. The molecular formula is C37H52N4O9. The maximum absolute atomic E-state index is 13.9. The van der Waals surface area contributed by atoms with E-state index in [0.717, 1.165) is 12.8 Å². The zero-order valence-electron chi connectivity index (χ0n) is 30.2. The van der Waals surface area contributed by atoms with E-state index in [2.05, 4.69) is 22.9 Å². The van der Waals surface area contributed by atoms with Crippen molar-refractivity contribution < 1.29 is 38.6 Å². The van der Waals surface area contributed by atoms with Crippen molar-refractivity contribution in [2.75, 3.05) is 40.0 Å². The Kier molecular flexibility index (Phi) is 15.2. The summed E-state index contributed by atoms with van der Waals surface area (Å²) in [6.07, 6.45) is 1.53. The van der Waals surface area contributed by atoms with Crippen LogP contribution in [-0.4, -0.2) is 79.7 Å². The van der Waals surface area contributed by atoms with Crippen molar-refractivity contribution in [1.29, 1.82) is 0 Å². The Morgan fingerprint density at radius 2 is 1.68 bits per heavy atom. The zero-order chi connectivity index (χ0) is 36.8. The number of hydrogen-bond donors (Lipinski definition) is 4. The van der Waals surface area contributed by atoms with Crippen LogP contribution < -0.4 is 25.4 Å². The second-order valence-corrected chi connectivity index (χ2v) is 12.7. The number of carbonyl (C=O) groups excluding carboxylic acids is 2. The van der Waals surface area contributed by atoms with Gasteiger partial charge in [0.15, 0.2) is 11.5 Å². The van der Waals surface area contributed by atoms with Crippen LogP contribution in [0.5, 0.6) is 11.5 Å². The van der Waals surface area contributed by atoms with Crippen LogP contribution in [0, 0.1) is 10.1 Å². The maximum atomic E-state index is 13.9. The van der Waals surface area contributed by atoms with Crippen molar-refractivity contribution in [1.82, 2.24) is 16.0 Å². The van der Waals surface area contributed by atoms with E-state index in [0.29, 0.717) is 41.4 Å². The third kappa shape index (κ3) is 10.8. The number of esters is 2. The lowest BCUT2D eigenvalue weighted by Crippen LogP contribution is -2.54. The third-order valence-electron chi connectivity index (χ3n) is 8.30. The standard InChI is InChI=1S/C37H52N4O9/c1-8-11-17-28(38-23-37(5,6)39-21-27(42)22-50-30-19-13-12-18-29(30)47-7)34-33(36(44)49-10-3)32(25-15-14-16-26(20-25)41(45)46)31(24(4)40-34)35(43)48-9-2/h12-16,18-20,27-28,32,38-40,42H,8-11,17,21-23H2,1-7H3. The van der Waals surface area contributed by atoms with Crippen LogP contribution in [0.25, 0.3) is 0 Å². The van der Waals surface area contributed by atoms with Gasteiger partial charge in [-0.3, -0.25) is 10.1 Å². The highest BCUT2D eigenvalue weighted by Gasteiger charge is 2.41. The Hall–Kier alpha value is -4.46.